The molecule has 41 heavy (non-hydrogen) atoms. The van der Waals surface area contributed by atoms with Gasteiger partial charge in [-0.05, 0) is 63.2 Å². The maximum Gasteiger partial charge on any atom is 0.305 e. The summed E-state index contributed by atoms with van der Waals surface area (Å²) in [5.41, 5.74) is 1.54. The second kappa shape index (κ2) is 13.3. The van der Waals surface area contributed by atoms with Crippen molar-refractivity contribution in [3.8, 4) is 23.0 Å². The first-order chi connectivity index (χ1) is 19.8. The lowest BCUT2D eigenvalue weighted by Crippen LogP contribution is -2.44. The molecule has 0 bridgehead atoms. The number of rotatable bonds is 8. The molecule has 2 fully saturated rings. The zero-order chi connectivity index (χ0) is 28.9. The van der Waals surface area contributed by atoms with E-state index in [2.05, 4.69) is 36.7 Å². The van der Waals surface area contributed by atoms with Crippen molar-refractivity contribution < 1.29 is 18.7 Å². The standard InChI is InChI=1S/C29H33Cl2FN6O3/c1-36-7-9-38(10-8-36)25-16-34-26(17-33-25)41-29-28(32)21(14-24(35-29)20-12-22(30)15-23(31)13-20)18-37-5-3-19(4-6-37)11-27(39)40-2/h12-17,19H,3-11,18H2,1-2H3. The minimum absolute atomic E-state index is 0.144. The van der Waals surface area contributed by atoms with E-state index < -0.39 is 5.82 Å². The maximum atomic E-state index is 15.9. The summed E-state index contributed by atoms with van der Waals surface area (Å²) in [5.74, 6) is 0.188. The minimum Gasteiger partial charge on any atom is -0.469 e. The van der Waals surface area contributed by atoms with Crippen LogP contribution in [0.15, 0.2) is 36.7 Å². The van der Waals surface area contributed by atoms with Crippen LogP contribution in [0.3, 0.4) is 0 Å². The van der Waals surface area contributed by atoms with Gasteiger partial charge in [0.05, 0.1) is 25.2 Å². The number of hydrogen-bond acceptors (Lipinski definition) is 9. The Bertz CT molecular complexity index is 1340. The summed E-state index contributed by atoms with van der Waals surface area (Å²) < 4.78 is 26.6. The molecule has 2 aliphatic rings. The van der Waals surface area contributed by atoms with Crippen molar-refractivity contribution in [3.63, 3.8) is 0 Å². The molecule has 0 radical (unpaired) electrons. The van der Waals surface area contributed by atoms with Gasteiger partial charge in [-0.15, -0.1) is 0 Å². The quantitative estimate of drug-likeness (QED) is 0.319. The molecular weight excluding hydrogens is 570 g/mol. The zero-order valence-corrected chi connectivity index (χ0v) is 24.7. The number of anilines is 1. The monoisotopic (exact) mass is 602 g/mol. The summed E-state index contributed by atoms with van der Waals surface area (Å²) in [4.78, 5) is 31.6. The van der Waals surface area contributed by atoms with Gasteiger partial charge in [0, 0.05) is 60.3 Å². The van der Waals surface area contributed by atoms with Gasteiger partial charge < -0.3 is 19.3 Å². The molecule has 0 N–H and O–H groups in total. The second-order valence-electron chi connectivity index (χ2n) is 10.5. The molecule has 2 saturated heterocycles. The number of likely N-dealkylation sites (tertiary alicyclic amines) is 1. The number of nitrogens with zero attached hydrogens (tertiary/aromatic N) is 6. The minimum atomic E-state index is -0.566. The van der Waals surface area contributed by atoms with Crippen LogP contribution in [0.5, 0.6) is 11.8 Å². The van der Waals surface area contributed by atoms with Crippen molar-refractivity contribution in [2.45, 2.75) is 25.8 Å². The second-order valence-corrected chi connectivity index (χ2v) is 11.4. The van der Waals surface area contributed by atoms with Crippen LogP contribution in [0, 0.1) is 11.7 Å². The number of benzene rings is 1. The van der Waals surface area contributed by atoms with Crippen LogP contribution >= 0.6 is 23.2 Å². The van der Waals surface area contributed by atoms with E-state index in [-0.39, 0.29) is 23.6 Å². The highest BCUT2D eigenvalue weighted by molar-refractivity contribution is 6.35. The molecule has 0 unspecified atom stereocenters. The van der Waals surface area contributed by atoms with Crippen LogP contribution in [0.2, 0.25) is 10.0 Å². The molecule has 5 rings (SSSR count). The van der Waals surface area contributed by atoms with Crippen LogP contribution in [-0.2, 0) is 16.1 Å². The van der Waals surface area contributed by atoms with Crippen LogP contribution in [0.25, 0.3) is 11.3 Å². The first kappa shape index (κ1) is 29.4. The summed E-state index contributed by atoms with van der Waals surface area (Å²) in [5, 5.41) is 0.890. The Labute approximate surface area is 249 Å². The van der Waals surface area contributed by atoms with Gasteiger partial charge in [-0.1, -0.05) is 23.2 Å². The fourth-order valence-electron chi connectivity index (χ4n) is 5.16. The molecule has 0 saturated carbocycles. The normalized spacial score (nSPS) is 17.0. The molecule has 2 aromatic heterocycles. The first-order valence-electron chi connectivity index (χ1n) is 13.7. The van der Waals surface area contributed by atoms with E-state index >= 15 is 4.39 Å². The summed E-state index contributed by atoms with van der Waals surface area (Å²) in [7, 11) is 3.50. The van der Waals surface area contributed by atoms with Crippen molar-refractivity contribution in [1.29, 1.82) is 0 Å². The van der Waals surface area contributed by atoms with Crippen LogP contribution in [-0.4, -0.2) is 84.1 Å². The number of pyridine rings is 1. The van der Waals surface area contributed by atoms with Crippen LogP contribution < -0.4 is 9.64 Å². The predicted octanol–water partition coefficient (Wildman–Crippen LogP) is 5.30. The molecule has 3 aromatic rings. The number of likely N-dealkylation sites (N-methyl/N-ethyl adjacent to an activating group) is 1. The topological polar surface area (TPSA) is 83.9 Å². The number of ether oxygens (including phenoxy) is 2. The van der Waals surface area contributed by atoms with Crippen molar-refractivity contribution in [1.82, 2.24) is 24.8 Å². The molecular formula is C29H33Cl2FN6O3. The summed E-state index contributed by atoms with van der Waals surface area (Å²) in [6, 6.07) is 6.78. The Kier molecular flexibility index (Phi) is 9.54. The van der Waals surface area contributed by atoms with E-state index in [4.69, 9.17) is 32.7 Å². The fourth-order valence-corrected chi connectivity index (χ4v) is 5.68. The van der Waals surface area contributed by atoms with Crippen LogP contribution in [0.4, 0.5) is 10.2 Å². The number of esters is 1. The average Bonchev–Trinajstić information content (AvgIpc) is 2.96. The van der Waals surface area contributed by atoms with Crippen molar-refractivity contribution in [2.24, 2.45) is 5.92 Å². The third-order valence-corrected chi connectivity index (χ3v) is 8.02. The lowest BCUT2D eigenvalue weighted by Gasteiger charge is -2.32. The largest absolute Gasteiger partial charge is 0.469 e. The fraction of sp³-hybridized carbons (Fsp3) is 0.448. The molecule has 9 nitrogen and oxygen atoms in total. The predicted molar refractivity (Wildman–Crippen MR) is 156 cm³/mol. The lowest BCUT2D eigenvalue weighted by molar-refractivity contribution is -0.142. The Morgan fingerprint density at radius 3 is 2.34 bits per heavy atom. The highest BCUT2D eigenvalue weighted by atomic mass is 35.5. The number of methoxy groups -OCH3 is 1. The highest BCUT2D eigenvalue weighted by Gasteiger charge is 2.25. The Morgan fingerprint density at radius 1 is 1.00 bits per heavy atom. The molecule has 4 heterocycles. The van der Waals surface area contributed by atoms with E-state index in [1.807, 2.05) is 0 Å². The maximum absolute atomic E-state index is 15.9. The third kappa shape index (κ3) is 7.62. The van der Waals surface area contributed by atoms with E-state index in [9.17, 15) is 4.79 Å². The van der Waals surface area contributed by atoms with E-state index in [0.717, 1.165) is 57.9 Å². The van der Waals surface area contributed by atoms with Gasteiger partial charge in [0.2, 0.25) is 5.88 Å². The van der Waals surface area contributed by atoms with Gasteiger partial charge in [0.25, 0.3) is 5.88 Å². The SMILES string of the molecule is COC(=O)CC1CCN(Cc2cc(-c3cc(Cl)cc(Cl)c3)nc(Oc3cnc(N4CCN(C)CC4)cn3)c2F)CC1. The number of carbonyl (C=O) groups excluding carboxylic acids is 1. The molecule has 1 aromatic carbocycles. The molecule has 0 aliphatic carbocycles. The van der Waals surface area contributed by atoms with Gasteiger partial charge in [0.15, 0.2) is 5.82 Å². The third-order valence-electron chi connectivity index (χ3n) is 7.59. The van der Waals surface area contributed by atoms with E-state index in [1.165, 1.54) is 13.3 Å². The van der Waals surface area contributed by atoms with Gasteiger partial charge in [-0.25, -0.2) is 19.3 Å². The van der Waals surface area contributed by atoms with Gasteiger partial charge >= 0.3 is 5.97 Å². The van der Waals surface area contributed by atoms with Gasteiger partial charge in [-0.2, -0.15) is 0 Å². The van der Waals surface area contributed by atoms with Crippen molar-refractivity contribution in [3.05, 3.63) is 58.1 Å². The summed E-state index contributed by atoms with van der Waals surface area (Å²) >= 11 is 12.5. The number of aromatic nitrogens is 3. The van der Waals surface area contributed by atoms with Gasteiger partial charge in [-0.3, -0.25) is 9.69 Å². The number of piperazine rings is 1. The summed E-state index contributed by atoms with van der Waals surface area (Å²) in [6.07, 6.45) is 5.19. The molecule has 0 amide bonds. The molecule has 2 aliphatic heterocycles. The molecule has 218 valence electrons. The Balaban J connectivity index is 1.37. The number of carbonyl (C=O) groups is 1. The molecule has 0 atom stereocenters. The highest BCUT2D eigenvalue weighted by Crippen LogP contribution is 2.33. The number of piperidine rings is 1. The number of hydrogen-bond donors (Lipinski definition) is 0. The molecule has 12 heteroatoms. The van der Waals surface area contributed by atoms with Crippen LogP contribution in [0.1, 0.15) is 24.8 Å². The zero-order valence-electron chi connectivity index (χ0n) is 23.2. The first-order valence-corrected chi connectivity index (χ1v) is 14.4. The smallest absolute Gasteiger partial charge is 0.305 e. The van der Waals surface area contributed by atoms with Crippen molar-refractivity contribution >= 4 is 35.0 Å². The average molecular weight is 604 g/mol. The number of halogens is 3. The van der Waals surface area contributed by atoms with E-state index in [0.29, 0.717) is 39.8 Å². The lowest BCUT2D eigenvalue weighted by atomic mass is 9.93. The Hall–Kier alpha value is -3.05. The molecule has 0 spiro atoms. The summed E-state index contributed by atoms with van der Waals surface area (Å²) in [6.45, 7) is 5.42. The van der Waals surface area contributed by atoms with E-state index in [1.54, 1.807) is 30.5 Å². The van der Waals surface area contributed by atoms with Crippen molar-refractivity contribution in [2.75, 3.05) is 58.3 Å². The van der Waals surface area contributed by atoms with Gasteiger partial charge in [0.1, 0.15) is 5.82 Å². The Morgan fingerprint density at radius 2 is 1.71 bits per heavy atom.